The van der Waals surface area contributed by atoms with Crippen molar-refractivity contribution in [3.63, 3.8) is 0 Å². The van der Waals surface area contributed by atoms with Crippen LogP contribution in [0.3, 0.4) is 0 Å². The minimum absolute atomic E-state index is 0.0403. The van der Waals surface area contributed by atoms with Crippen molar-refractivity contribution in [1.29, 1.82) is 0 Å². The van der Waals surface area contributed by atoms with E-state index < -0.39 is 47.1 Å². The zero-order valence-electron chi connectivity index (χ0n) is 23.2. The summed E-state index contributed by atoms with van der Waals surface area (Å²) in [5, 5.41) is 23.5. The minimum atomic E-state index is -2.40. The Kier molecular flexibility index (Phi) is 9.05. The van der Waals surface area contributed by atoms with Crippen LogP contribution in [0.15, 0.2) is 24.3 Å². The fraction of sp³-hybridized carbons (Fsp3) is 0.760. The van der Waals surface area contributed by atoms with E-state index in [1.165, 1.54) is 0 Å². The maximum atomic E-state index is 12.5. The second kappa shape index (κ2) is 10.6. The first kappa shape index (κ1) is 29.9. The Labute approximate surface area is 212 Å². The predicted octanol–water partition coefficient (Wildman–Crippen LogP) is 5.55. The Hall–Kier alpha value is -1.31. The second-order valence-corrected chi connectivity index (χ2v) is 22.1. The lowest BCUT2D eigenvalue weighted by Gasteiger charge is -2.47. The standard InChI is InChI=1S/C25H45NO7Si2/c1-24(2,3)34(8,9)31-16-19-21(26(28)29)20(17-12-14-18(30-7)15-13-17)22(23(27)32-19)33-35(10,11)25(4,5)6/h12-15,19-23,27H,16H2,1-11H3/t19-,20+,21-,22+,23+/m1/s1. The van der Waals surface area contributed by atoms with E-state index in [1.54, 1.807) is 19.2 Å². The van der Waals surface area contributed by atoms with E-state index in [-0.39, 0.29) is 21.6 Å². The summed E-state index contributed by atoms with van der Waals surface area (Å²) in [5.74, 6) is -0.0690. The van der Waals surface area contributed by atoms with Gasteiger partial charge in [0.25, 0.3) is 6.04 Å². The molecule has 0 amide bonds. The normalized spacial score (nSPS) is 26.5. The van der Waals surface area contributed by atoms with Crippen LogP contribution in [0.2, 0.25) is 36.3 Å². The molecule has 1 aliphatic heterocycles. The van der Waals surface area contributed by atoms with Gasteiger partial charge in [0.05, 0.1) is 19.6 Å². The summed E-state index contributed by atoms with van der Waals surface area (Å²) in [7, 11) is -3.02. The molecule has 1 saturated heterocycles. The molecule has 0 aliphatic carbocycles. The van der Waals surface area contributed by atoms with Gasteiger partial charge in [0.15, 0.2) is 29.0 Å². The monoisotopic (exact) mass is 527 g/mol. The quantitative estimate of drug-likeness (QED) is 0.269. The molecular weight excluding hydrogens is 482 g/mol. The van der Waals surface area contributed by atoms with E-state index in [2.05, 4.69) is 67.7 Å². The number of aliphatic hydroxyl groups is 1. The molecule has 200 valence electrons. The molecule has 1 heterocycles. The largest absolute Gasteiger partial charge is 0.497 e. The molecule has 1 fully saturated rings. The Morgan fingerprint density at radius 2 is 1.51 bits per heavy atom. The maximum Gasteiger partial charge on any atom is 0.250 e. The van der Waals surface area contributed by atoms with Gasteiger partial charge in [0, 0.05) is 4.92 Å². The van der Waals surface area contributed by atoms with Gasteiger partial charge in [0.2, 0.25) is 0 Å². The Morgan fingerprint density at radius 3 is 1.94 bits per heavy atom. The fourth-order valence-corrected chi connectivity index (χ4v) is 6.02. The van der Waals surface area contributed by atoms with Crippen LogP contribution >= 0.6 is 0 Å². The van der Waals surface area contributed by atoms with Crippen LogP contribution in [-0.2, 0) is 13.6 Å². The number of benzene rings is 1. The van der Waals surface area contributed by atoms with Gasteiger partial charge in [-0.2, -0.15) is 0 Å². The molecule has 0 saturated carbocycles. The number of ether oxygens (including phenoxy) is 2. The molecule has 0 spiro atoms. The van der Waals surface area contributed by atoms with Gasteiger partial charge in [-0.3, -0.25) is 10.1 Å². The zero-order chi connectivity index (χ0) is 27.0. The predicted molar refractivity (Wildman–Crippen MR) is 143 cm³/mol. The molecule has 5 atom stereocenters. The van der Waals surface area contributed by atoms with E-state index in [1.807, 2.05) is 12.1 Å². The maximum absolute atomic E-state index is 12.5. The molecule has 0 bridgehead atoms. The topological polar surface area (TPSA) is 100 Å². The van der Waals surface area contributed by atoms with Crippen molar-refractivity contribution in [2.24, 2.45) is 0 Å². The molecule has 1 aromatic carbocycles. The molecule has 0 aromatic heterocycles. The van der Waals surface area contributed by atoms with Crippen molar-refractivity contribution < 1.29 is 28.4 Å². The lowest BCUT2D eigenvalue weighted by Crippen LogP contribution is -2.61. The Morgan fingerprint density at radius 1 is 1.00 bits per heavy atom. The highest BCUT2D eigenvalue weighted by atomic mass is 28.4. The van der Waals surface area contributed by atoms with Gasteiger partial charge < -0.3 is 23.4 Å². The number of hydrogen-bond donors (Lipinski definition) is 1. The van der Waals surface area contributed by atoms with Crippen molar-refractivity contribution in [3.8, 4) is 5.75 Å². The highest BCUT2D eigenvalue weighted by molar-refractivity contribution is 6.74. The van der Waals surface area contributed by atoms with Crippen molar-refractivity contribution in [2.75, 3.05) is 13.7 Å². The van der Waals surface area contributed by atoms with Gasteiger partial charge in [-0.25, -0.2) is 0 Å². The van der Waals surface area contributed by atoms with Crippen molar-refractivity contribution in [2.45, 2.75) is 108 Å². The van der Waals surface area contributed by atoms with Crippen LogP contribution in [-0.4, -0.2) is 64.9 Å². The van der Waals surface area contributed by atoms with E-state index in [0.717, 1.165) is 0 Å². The number of aliphatic hydroxyl groups excluding tert-OH is 1. The van der Waals surface area contributed by atoms with E-state index in [0.29, 0.717) is 11.3 Å². The summed E-state index contributed by atoms with van der Waals surface area (Å²) in [5.41, 5.74) is 0.705. The summed E-state index contributed by atoms with van der Waals surface area (Å²) in [6, 6.07) is 6.03. The summed E-state index contributed by atoms with van der Waals surface area (Å²) >= 11 is 0. The smallest absolute Gasteiger partial charge is 0.250 e. The molecular formula is C25H45NO7Si2. The first-order valence-corrected chi connectivity index (χ1v) is 18.1. The lowest BCUT2D eigenvalue weighted by molar-refractivity contribution is -0.554. The number of nitrogens with zero attached hydrogens (tertiary/aromatic N) is 1. The molecule has 0 unspecified atom stereocenters. The van der Waals surface area contributed by atoms with Gasteiger partial charge in [-0.15, -0.1) is 0 Å². The van der Waals surface area contributed by atoms with E-state index in [9.17, 15) is 15.2 Å². The molecule has 35 heavy (non-hydrogen) atoms. The average molecular weight is 528 g/mol. The Balaban J connectivity index is 2.52. The summed E-state index contributed by atoms with van der Waals surface area (Å²) < 4.78 is 24.1. The number of rotatable bonds is 8. The highest BCUT2D eigenvalue weighted by Gasteiger charge is 2.56. The third kappa shape index (κ3) is 6.72. The van der Waals surface area contributed by atoms with Crippen LogP contribution in [0.5, 0.6) is 5.75 Å². The van der Waals surface area contributed by atoms with Crippen LogP contribution in [0, 0.1) is 10.1 Å². The number of methoxy groups -OCH3 is 1. The second-order valence-electron chi connectivity index (χ2n) is 12.6. The van der Waals surface area contributed by atoms with Gasteiger partial charge in [-0.1, -0.05) is 53.7 Å². The van der Waals surface area contributed by atoms with E-state index >= 15 is 0 Å². The van der Waals surface area contributed by atoms with Crippen LogP contribution in [0.4, 0.5) is 0 Å². The SMILES string of the molecule is COc1ccc([C@@H]2[C@H](O[Si](C)(C)C(C)(C)C)[C@@H](O)O[C@H](CO[Si](C)(C)C(C)(C)C)[C@H]2[N+](=O)[O-])cc1. The van der Waals surface area contributed by atoms with E-state index in [4.69, 9.17) is 18.3 Å². The molecule has 10 heteroatoms. The number of nitro groups is 1. The molecule has 1 aromatic rings. The number of hydrogen-bond acceptors (Lipinski definition) is 7. The van der Waals surface area contributed by atoms with Gasteiger partial charge in [-0.05, 0) is 54.0 Å². The van der Waals surface area contributed by atoms with Gasteiger partial charge >= 0.3 is 0 Å². The fourth-order valence-electron chi connectivity index (χ4n) is 3.71. The zero-order valence-corrected chi connectivity index (χ0v) is 25.2. The average Bonchev–Trinajstić information content (AvgIpc) is 2.71. The first-order chi connectivity index (χ1) is 15.8. The first-order valence-electron chi connectivity index (χ1n) is 12.2. The summed E-state index contributed by atoms with van der Waals surface area (Å²) in [4.78, 5) is 12.2. The van der Waals surface area contributed by atoms with Crippen molar-refractivity contribution >= 4 is 16.6 Å². The third-order valence-electron chi connectivity index (χ3n) is 8.09. The minimum Gasteiger partial charge on any atom is -0.497 e. The van der Waals surface area contributed by atoms with Crippen LogP contribution < -0.4 is 4.74 Å². The van der Waals surface area contributed by atoms with Crippen molar-refractivity contribution in [3.05, 3.63) is 39.9 Å². The summed E-state index contributed by atoms with van der Waals surface area (Å²) in [6.45, 7) is 21.0. The molecule has 8 nitrogen and oxygen atoms in total. The highest BCUT2D eigenvalue weighted by Crippen LogP contribution is 2.44. The van der Waals surface area contributed by atoms with Crippen LogP contribution in [0.25, 0.3) is 0 Å². The van der Waals surface area contributed by atoms with Crippen molar-refractivity contribution in [1.82, 2.24) is 0 Å². The third-order valence-corrected chi connectivity index (χ3v) is 17.1. The molecule has 2 rings (SSSR count). The van der Waals surface area contributed by atoms with Crippen LogP contribution in [0.1, 0.15) is 53.0 Å². The molecule has 1 aliphatic rings. The lowest BCUT2D eigenvalue weighted by atomic mass is 9.81. The molecule has 1 N–H and O–H groups in total. The molecule has 0 radical (unpaired) electrons. The Bertz CT molecular complexity index is 862. The summed E-state index contributed by atoms with van der Waals surface area (Å²) in [6.07, 6.45) is -3.12. The van der Waals surface area contributed by atoms with Gasteiger partial charge in [0.1, 0.15) is 11.9 Å².